The average Bonchev–Trinajstić information content (AvgIpc) is 3.36. The summed E-state index contributed by atoms with van der Waals surface area (Å²) in [4.78, 5) is 15.2. The molecule has 1 atom stereocenters. The lowest BCUT2D eigenvalue weighted by Gasteiger charge is -2.35. The van der Waals surface area contributed by atoms with E-state index in [2.05, 4.69) is 10.2 Å². The third-order valence-corrected chi connectivity index (χ3v) is 5.77. The van der Waals surface area contributed by atoms with E-state index in [-0.39, 0.29) is 23.5 Å². The van der Waals surface area contributed by atoms with Gasteiger partial charge in [0.2, 0.25) is 0 Å². The summed E-state index contributed by atoms with van der Waals surface area (Å²) in [6.45, 7) is 5.63. The minimum atomic E-state index is -0.326. The maximum absolute atomic E-state index is 13.2. The van der Waals surface area contributed by atoms with E-state index in [1.165, 1.54) is 12.1 Å². The Labute approximate surface area is 198 Å². The number of halogens is 1. The number of methoxy groups -OCH3 is 1. The van der Waals surface area contributed by atoms with Crippen molar-refractivity contribution in [3.8, 4) is 22.8 Å². The summed E-state index contributed by atoms with van der Waals surface area (Å²) in [6.07, 6.45) is 0. The second kappa shape index (κ2) is 11.2. The molecule has 0 spiro atoms. The van der Waals surface area contributed by atoms with E-state index in [1.807, 2.05) is 25.1 Å². The van der Waals surface area contributed by atoms with Crippen molar-refractivity contribution in [2.75, 3.05) is 46.6 Å². The zero-order valence-electron chi connectivity index (χ0n) is 19.4. The SMILES string of the molecule is CCOc1ccc(C(CNC(=O)c2ccc(-c3ccc(F)cc3)o2)N2CCOCC2)cc1OC. The third kappa shape index (κ3) is 5.58. The molecule has 0 saturated carbocycles. The topological polar surface area (TPSA) is 73.2 Å². The molecule has 0 aliphatic carbocycles. The number of amides is 1. The molecule has 1 aromatic heterocycles. The predicted molar refractivity (Wildman–Crippen MR) is 126 cm³/mol. The lowest BCUT2D eigenvalue weighted by atomic mass is 10.0. The van der Waals surface area contributed by atoms with Crippen molar-refractivity contribution in [2.24, 2.45) is 0 Å². The van der Waals surface area contributed by atoms with Gasteiger partial charge in [-0.15, -0.1) is 0 Å². The number of ether oxygens (including phenoxy) is 3. The lowest BCUT2D eigenvalue weighted by Crippen LogP contribution is -2.43. The number of rotatable bonds is 9. The van der Waals surface area contributed by atoms with Crippen LogP contribution >= 0.6 is 0 Å². The number of furan rings is 1. The molecule has 1 aliphatic rings. The molecule has 34 heavy (non-hydrogen) atoms. The summed E-state index contributed by atoms with van der Waals surface area (Å²) in [6, 6.07) is 15.0. The van der Waals surface area contributed by atoms with Crippen molar-refractivity contribution in [3.05, 3.63) is 71.7 Å². The average molecular weight is 469 g/mol. The van der Waals surface area contributed by atoms with Gasteiger partial charge >= 0.3 is 0 Å². The van der Waals surface area contributed by atoms with Crippen LogP contribution in [-0.2, 0) is 4.74 Å². The van der Waals surface area contributed by atoms with Gasteiger partial charge in [0.15, 0.2) is 17.3 Å². The van der Waals surface area contributed by atoms with Crippen molar-refractivity contribution < 1.29 is 27.8 Å². The van der Waals surface area contributed by atoms with Gasteiger partial charge in [-0.25, -0.2) is 4.39 Å². The molecule has 1 unspecified atom stereocenters. The molecule has 8 heteroatoms. The molecule has 0 radical (unpaired) electrons. The van der Waals surface area contributed by atoms with E-state index in [1.54, 1.807) is 31.4 Å². The highest BCUT2D eigenvalue weighted by molar-refractivity contribution is 5.92. The van der Waals surface area contributed by atoms with Crippen molar-refractivity contribution in [1.82, 2.24) is 10.2 Å². The second-order valence-corrected chi connectivity index (χ2v) is 7.89. The fourth-order valence-corrected chi connectivity index (χ4v) is 4.02. The third-order valence-electron chi connectivity index (χ3n) is 5.77. The Hall–Kier alpha value is -3.36. The van der Waals surface area contributed by atoms with E-state index in [9.17, 15) is 9.18 Å². The molecule has 0 bridgehead atoms. The standard InChI is InChI=1S/C26H29FN2O5/c1-3-33-23-9-6-19(16-25(23)31-2)21(29-12-14-32-15-13-29)17-28-26(30)24-11-10-22(34-24)18-4-7-20(27)8-5-18/h4-11,16,21H,3,12-15,17H2,1-2H3,(H,28,30). The van der Waals surface area contributed by atoms with Crippen LogP contribution in [0.25, 0.3) is 11.3 Å². The van der Waals surface area contributed by atoms with Gasteiger partial charge in [-0.05, 0) is 61.0 Å². The van der Waals surface area contributed by atoms with Crippen molar-refractivity contribution >= 4 is 5.91 Å². The van der Waals surface area contributed by atoms with Crippen LogP contribution in [0.3, 0.4) is 0 Å². The Morgan fingerprint density at radius 1 is 1.09 bits per heavy atom. The minimum absolute atomic E-state index is 0.0797. The van der Waals surface area contributed by atoms with Crippen LogP contribution in [0.15, 0.2) is 59.0 Å². The summed E-state index contributed by atoms with van der Waals surface area (Å²) in [5.74, 6) is 1.40. The van der Waals surface area contributed by atoms with Crippen LogP contribution in [0.5, 0.6) is 11.5 Å². The van der Waals surface area contributed by atoms with Gasteiger partial charge in [-0.2, -0.15) is 0 Å². The van der Waals surface area contributed by atoms with Crippen LogP contribution in [0.4, 0.5) is 4.39 Å². The van der Waals surface area contributed by atoms with Crippen LogP contribution < -0.4 is 14.8 Å². The predicted octanol–water partition coefficient (Wildman–Crippen LogP) is 4.30. The summed E-state index contributed by atoms with van der Waals surface area (Å²) in [5, 5.41) is 3.00. The zero-order chi connectivity index (χ0) is 23.9. The van der Waals surface area contributed by atoms with Crippen molar-refractivity contribution in [1.29, 1.82) is 0 Å². The summed E-state index contributed by atoms with van der Waals surface area (Å²) >= 11 is 0. The Bertz CT molecular complexity index is 1090. The molecule has 1 aliphatic heterocycles. The fourth-order valence-electron chi connectivity index (χ4n) is 4.02. The molecular weight excluding hydrogens is 439 g/mol. The number of hydrogen-bond acceptors (Lipinski definition) is 6. The highest BCUT2D eigenvalue weighted by atomic mass is 19.1. The molecule has 7 nitrogen and oxygen atoms in total. The second-order valence-electron chi connectivity index (χ2n) is 7.89. The molecule has 1 fully saturated rings. The lowest BCUT2D eigenvalue weighted by molar-refractivity contribution is 0.0161. The zero-order valence-corrected chi connectivity index (χ0v) is 19.4. The Kier molecular flexibility index (Phi) is 7.82. The van der Waals surface area contributed by atoms with E-state index >= 15 is 0 Å². The summed E-state index contributed by atoms with van der Waals surface area (Å²) in [5.41, 5.74) is 1.71. The largest absolute Gasteiger partial charge is 0.493 e. The van der Waals surface area contributed by atoms with E-state index in [4.69, 9.17) is 18.6 Å². The fraction of sp³-hybridized carbons (Fsp3) is 0.346. The highest BCUT2D eigenvalue weighted by Crippen LogP contribution is 2.32. The van der Waals surface area contributed by atoms with Crippen molar-refractivity contribution in [3.63, 3.8) is 0 Å². The van der Waals surface area contributed by atoms with E-state index in [0.717, 1.165) is 18.7 Å². The van der Waals surface area contributed by atoms with E-state index in [0.29, 0.717) is 49.2 Å². The first-order valence-electron chi connectivity index (χ1n) is 11.4. The molecule has 1 saturated heterocycles. The first-order chi connectivity index (χ1) is 16.6. The number of hydrogen-bond donors (Lipinski definition) is 1. The van der Waals surface area contributed by atoms with Crippen LogP contribution in [0.2, 0.25) is 0 Å². The van der Waals surface area contributed by atoms with E-state index < -0.39 is 0 Å². The van der Waals surface area contributed by atoms with Crippen LogP contribution in [0, 0.1) is 5.82 Å². The minimum Gasteiger partial charge on any atom is -0.493 e. The monoisotopic (exact) mass is 468 g/mol. The van der Waals surface area contributed by atoms with Crippen LogP contribution in [0.1, 0.15) is 29.1 Å². The first-order valence-corrected chi connectivity index (χ1v) is 11.4. The molecule has 4 rings (SSSR count). The van der Waals surface area contributed by atoms with Gasteiger partial charge in [0, 0.05) is 25.2 Å². The molecule has 3 aromatic rings. The van der Waals surface area contributed by atoms with Gasteiger partial charge < -0.3 is 23.9 Å². The molecule has 1 N–H and O–H groups in total. The normalized spacial score (nSPS) is 15.0. The van der Waals surface area contributed by atoms with Gasteiger partial charge in [0.1, 0.15) is 11.6 Å². The number of benzene rings is 2. The number of nitrogens with one attached hydrogen (secondary N) is 1. The Morgan fingerprint density at radius 3 is 2.56 bits per heavy atom. The quantitative estimate of drug-likeness (QED) is 0.505. The maximum Gasteiger partial charge on any atom is 0.287 e. The number of morpholine rings is 1. The molecule has 180 valence electrons. The molecule has 1 amide bonds. The number of nitrogens with zero attached hydrogens (tertiary/aromatic N) is 1. The first kappa shape index (κ1) is 23.8. The number of carbonyl (C=O) groups is 1. The van der Waals surface area contributed by atoms with Gasteiger partial charge in [0.05, 0.1) is 33.0 Å². The van der Waals surface area contributed by atoms with Gasteiger partial charge in [-0.3, -0.25) is 9.69 Å². The number of carbonyl (C=O) groups excluding carboxylic acids is 1. The summed E-state index contributed by atoms with van der Waals surface area (Å²) in [7, 11) is 1.61. The van der Waals surface area contributed by atoms with Gasteiger partial charge in [0.25, 0.3) is 5.91 Å². The smallest absolute Gasteiger partial charge is 0.287 e. The maximum atomic E-state index is 13.2. The molecular formula is C26H29FN2O5. The molecule has 2 heterocycles. The Balaban J connectivity index is 1.50. The van der Waals surface area contributed by atoms with Crippen molar-refractivity contribution in [2.45, 2.75) is 13.0 Å². The highest BCUT2D eigenvalue weighted by Gasteiger charge is 2.25. The summed E-state index contributed by atoms with van der Waals surface area (Å²) < 4.78 is 35.6. The van der Waals surface area contributed by atoms with Gasteiger partial charge in [-0.1, -0.05) is 6.07 Å². The molecule has 2 aromatic carbocycles. The Morgan fingerprint density at radius 2 is 1.85 bits per heavy atom. The van der Waals surface area contributed by atoms with Crippen LogP contribution in [-0.4, -0.2) is 57.4 Å².